The van der Waals surface area contributed by atoms with E-state index >= 15 is 0 Å². The molecule has 0 aromatic carbocycles. The van der Waals surface area contributed by atoms with Gasteiger partial charge in [-0.05, 0) is 13.8 Å². The summed E-state index contributed by atoms with van der Waals surface area (Å²) in [5.41, 5.74) is 0.631. The van der Waals surface area contributed by atoms with Crippen LogP contribution >= 0.6 is 0 Å². The van der Waals surface area contributed by atoms with Crippen molar-refractivity contribution in [2.45, 2.75) is 13.8 Å². The van der Waals surface area contributed by atoms with Gasteiger partial charge in [-0.1, -0.05) is 0 Å². The molecule has 6 nitrogen and oxygen atoms in total. The van der Waals surface area contributed by atoms with Crippen molar-refractivity contribution in [1.29, 1.82) is 0 Å². The topological polar surface area (TPSA) is 84.1 Å². The van der Waals surface area contributed by atoms with Gasteiger partial charge in [-0.2, -0.15) is 5.10 Å². The highest BCUT2D eigenvalue weighted by Gasteiger charge is 2.15. The number of carbonyl (C=O) groups excluding carboxylic acids is 2. The Balaban J connectivity index is 2.73. The van der Waals surface area contributed by atoms with Crippen LogP contribution in [0.4, 0.5) is 5.69 Å². The van der Waals surface area contributed by atoms with Crippen LogP contribution in [-0.2, 0) is 14.3 Å². The van der Waals surface area contributed by atoms with Crippen molar-refractivity contribution in [1.82, 2.24) is 10.2 Å². The molecule has 2 N–H and O–H groups in total. The van der Waals surface area contributed by atoms with E-state index in [2.05, 4.69) is 15.5 Å². The van der Waals surface area contributed by atoms with E-state index in [4.69, 9.17) is 4.74 Å². The number of hydrogen-bond donors (Lipinski definition) is 2. The van der Waals surface area contributed by atoms with Crippen molar-refractivity contribution >= 4 is 17.4 Å². The van der Waals surface area contributed by atoms with E-state index in [0.29, 0.717) is 5.69 Å². The van der Waals surface area contributed by atoms with Crippen LogP contribution in [0.2, 0.25) is 0 Å². The van der Waals surface area contributed by atoms with Crippen molar-refractivity contribution in [3.05, 3.63) is 24.2 Å². The molecule has 0 unspecified atom stereocenters. The molecule has 0 saturated carbocycles. The van der Waals surface area contributed by atoms with Gasteiger partial charge in [0.15, 0.2) is 5.78 Å². The number of rotatable bonds is 5. The van der Waals surface area contributed by atoms with Gasteiger partial charge in [0.1, 0.15) is 5.57 Å². The Kier molecular flexibility index (Phi) is 4.26. The Morgan fingerprint density at radius 2 is 2.38 bits per heavy atom. The van der Waals surface area contributed by atoms with Crippen LogP contribution in [0.25, 0.3) is 0 Å². The summed E-state index contributed by atoms with van der Waals surface area (Å²) < 4.78 is 4.74. The summed E-state index contributed by atoms with van der Waals surface area (Å²) in [6.45, 7) is 3.22. The predicted octanol–water partition coefficient (Wildman–Crippen LogP) is 0.858. The number of carbonyl (C=O) groups is 2. The van der Waals surface area contributed by atoms with Gasteiger partial charge in [0.05, 0.1) is 18.5 Å². The molecule has 0 amide bonds. The van der Waals surface area contributed by atoms with Crippen molar-refractivity contribution in [3.8, 4) is 0 Å². The van der Waals surface area contributed by atoms with Crippen molar-refractivity contribution < 1.29 is 14.3 Å². The molecule has 16 heavy (non-hydrogen) atoms. The maximum Gasteiger partial charge on any atom is 0.343 e. The minimum atomic E-state index is -0.633. The minimum Gasteiger partial charge on any atom is -0.462 e. The molecule has 6 heteroatoms. The highest BCUT2D eigenvalue weighted by Crippen LogP contribution is 2.05. The number of nitrogens with zero attached hydrogens (tertiary/aromatic N) is 1. The third-order valence-corrected chi connectivity index (χ3v) is 1.76. The number of aromatic nitrogens is 2. The summed E-state index contributed by atoms with van der Waals surface area (Å²) >= 11 is 0. The van der Waals surface area contributed by atoms with E-state index in [0.717, 1.165) is 0 Å². The van der Waals surface area contributed by atoms with Gasteiger partial charge in [-0.15, -0.1) is 0 Å². The number of ether oxygens (including phenoxy) is 1. The number of nitrogens with one attached hydrogen (secondary N) is 2. The summed E-state index contributed by atoms with van der Waals surface area (Å²) in [5.74, 6) is -0.986. The first-order chi connectivity index (χ1) is 7.65. The molecule has 1 aromatic rings. The number of H-pyrrole nitrogens is 1. The molecule has 0 bridgehead atoms. The summed E-state index contributed by atoms with van der Waals surface area (Å²) in [7, 11) is 0. The average molecular weight is 223 g/mol. The fourth-order valence-electron chi connectivity index (χ4n) is 0.998. The molecular weight excluding hydrogens is 210 g/mol. The Labute approximate surface area is 92.7 Å². The molecule has 0 spiro atoms. The Bertz CT molecular complexity index is 395. The molecule has 0 saturated heterocycles. The van der Waals surface area contributed by atoms with Crippen LogP contribution in [0, 0.1) is 0 Å². The molecule has 1 aromatic heterocycles. The fraction of sp³-hybridized carbons (Fsp3) is 0.300. The van der Waals surface area contributed by atoms with Gasteiger partial charge in [-0.25, -0.2) is 4.79 Å². The maximum absolute atomic E-state index is 11.4. The van der Waals surface area contributed by atoms with Crippen LogP contribution in [-0.4, -0.2) is 28.6 Å². The molecule has 0 radical (unpaired) electrons. The van der Waals surface area contributed by atoms with Crippen LogP contribution in [0.15, 0.2) is 24.2 Å². The first kappa shape index (κ1) is 12.0. The van der Waals surface area contributed by atoms with Gasteiger partial charge < -0.3 is 10.1 Å². The number of hydrogen-bond acceptors (Lipinski definition) is 5. The fourth-order valence-corrected chi connectivity index (χ4v) is 0.998. The standard InChI is InChI=1S/C10H13N3O3/c1-3-16-10(15)9(7(2)14)6-11-8-4-12-13-5-8/h4-6,11H,3H2,1-2H3,(H,12,13). The first-order valence-corrected chi connectivity index (χ1v) is 4.78. The van der Waals surface area contributed by atoms with E-state index in [1.165, 1.54) is 19.3 Å². The van der Waals surface area contributed by atoms with Crippen molar-refractivity contribution in [2.24, 2.45) is 0 Å². The Hall–Kier alpha value is -2.11. The summed E-state index contributed by atoms with van der Waals surface area (Å²) in [6, 6.07) is 0. The molecule has 0 aliphatic rings. The van der Waals surface area contributed by atoms with Crippen LogP contribution in [0.3, 0.4) is 0 Å². The third-order valence-electron chi connectivity index (χ3n) is 1.76. The summed E-state index contributed by atoms with van der Waals surface area (Å²) in [4.78, 5) is 22.6. The maximum atomic E-state index is 11.4. The molecular formula is C10H13N3O3. The van der Waals surface area contributed by atoms with E-state index in [-0.39, 0.29) is 18.0 Å². The number of esters is 1. The monoisotopic (exact) mass is 223 g/mol. The predicted molar refractivity (Wildman–Crippen MR) is 57.6 cm³/mol. The largest absolute Gasteiger partial charge is 0.462 e. The number of ketones is 1. The highest BCUT2D eigenvalue weighted by atomic mass is 16.5. The smallest absolute Gasteiger partial charge is 0.343 e. The summed E-state index contributed by atoms with van der Waals surface area (Å²) in [5, 5.41) is 9.07. The second-order valence-corrected chi connectivity index (χ2v) is 2.97. The SMILES string of the molecule is CCOC(=O)C(=CNc1cn[nH]c1)C(C)=O. The van der Waals surface area contributed by atoms with E-state index in [1.807, 2.05) is 0 Å². The molecule has 0 fully saturated rings. The van der Waals surface area contributed by atoms with E-state index in [1.54, 1.807) is 13.1 Å². The molecule has 1 rings (SSSR count). The lowest BCUT2D eigenvalue weighted by Crippen LogP contribution is -2.15. The molecule has 1 heterocycles. The van der Waals surface area contributed by atoms with E-state index < -0.39 is 5.97 Å². The zero-order chi connectivity index (χ0) is 12.0. The minimum absolute atomic E-state index is 0.0250. The zero-order valence-electron chi connectivity index (χ0n) is 9.11. The lowest BCUT2D eigenvalue weighted by molar-refractivity contribution is -0.139. The van der Waals surface area contributed by atoms with Gasteiger partial charge >= 0.3 is 5.97 Å². The lowest BCUT2D eigenvalue weighted by atomic mass is 10.2. The number of Topliss-reactive ketones (excluding diaryl/α,β-unsaturated/α-hetero) is 1. The van der Waals surface area contributed by atoms with Gasteiger partial charge in [-0.3, -0.25) is 9.89 Å². The first-order valence-electron chi connectivity index (χ1n) is 4.78. The second-order valence-electron chi connectivity index (χ2n) is 2.97. The quantitative estimate of drug-likeness (QED) is 0.335. The van der Waals surface area contributed by atoms with Gasteiger partial charge in [0, 0.05) is 12.4 Å². The van der Waals surface area contributed by atoms with Crippen LogP contribution in [0.5, 0.6) is 0 Å². The summed E-state index contributed by atoms with van der Waals surface area (Å²) in [6.07, 6.45) is 4.43. The van der Waals surface area contributed by atoms with E-state index in [9.17, 15) is 9.59 Å². The Morgan fingerprint density at radius 3 is 2.88 bits per heavy atom. The third kappa shape index (κ3) is 3.23. The molecule has 86 valence electrons. The molecule has 0 atom stereocenters. The Morgan fingerprint density at radius 1 is 1.62 bits per heavy atom. The molecule has 0 aliphatic carbocycles. The van der Waals surface area contributed by atoms with Gasteiger partial charge in [0.2, 0.25) is 0 Å². The number of aromatic amines is 1. The second kappa shape index (κ2) is 5.69. The van der Waals surface area contributed by atoms with Crippen molar-refractivity contribution in [2.75, 3.05) is 11.9 Å². The van der Waals surface area contributed by atoms with Crippen LogP contribution in [0.1, 0.15) is 13.8 Å². The van der Waals surface area contributed by atoms with Crippen LogP contribution < -0.4 is 5.32 Å². The average Bonchev–Trinajstić information content (AvgIpc) is 2.70. The zero-order valence-corrected chi connectivity index (χ0v) is 9.11. The number of anilines is 1. The van der Waals surface area contributed by atoms with Gasteiger partial charge in [0.25, 0.3) is 0 Å². The normalized spacial score (nSPS) is 11.0. The van der Waals surface area contributed by atoms with Crippen molar-refractivity contribution in [3.63, 3.8) is 0 Å². The molecule has 0 aliphatic heterocycles. The lowest BCUT2D eigenvalue weighted by Gasteiger charge is -2.03. The highest BCUT2D eigenvalue weighted by molar-refractivity contribution is 6.16.